The highest BCUT2D eigenvalue weighted by Crippen LogP contribution is 2.42. The Morgan fingerprint density at radius 2 is 1.79 bits per heavy atom. The number of benzene rings is 3. The van der Waals surface area contributed by atoms with Crippen LogP contribution in [0.25, 0.3) is 16.8 Å². The molecular formula is C24H16N4O6. The number of amides is 1. The van der Waals surface area contributed by atoms with Gasteiger partial charge in [0.1, 0.15) is 11.5 Å². The van der Waals surface area contributed by atoms with E-state index in [0.717, 1.165) is 11.0 Å². The van der Waals surface area contributed by atoms with Gasteiger partial charge >= 0.3 is 5.91 Å². The summed E-state index contributed by atoms with van der Waals surface area (Å²) in [7, 11) is 0. The Morgan fingerprint density at radius 1 is 1.03 bits per heavy atom. The van der Waals surface area contributed by atoms with Crippen molar-refractivity contribution in [3.63, 3.8) is 0 Å². The molecule has 1 aliphatic heterocycles. The van der Waals surface area contributed by atoms with Gasteiger partial charge in [0.15, 0.2) is 0 Å². The second-order valence-electron chi connectivity index (χ2n) is 7.65. The van der Waals surface area contributed by atoms with Crippen LogP contribution in [0, 0.1) is 10.1 Å². The maximum atomic E-state index is 13.2. The molecule has 1 atom stereocenters. The van der Waals surface area contributed by atoms with E-state index in [1.165, 1.54) is 36.4 Å². The van der Waals surface area contributed by atoms with Crippen molar-refractivity contribution in [2.75, 3.05) is 4.90 Å². The lowest BCUT2D eigenvalue weighted by Crippen LogP contribution is -2.30. The number of nitro groups is 1. The number of nitro benzene ring substituents is 1. The van der Waals surface area contributed by atoms with Crippen molar-refractivity contribution in [1.82, 2.24) is 9.97 Å². The highest BCUT2D eigenvalue weighted by atomic mass is 16.6. The summed E-state index contributed by atoms with van der Waals surface area (Å²) in [4.78, 5) is 45.4. The largest absolute Gasteiger partial charge is 0.508 e. The Morgan fingerprint density at radius 3 is 2.53 bits per heavy atom. The summed E-state index contributed by atoms with van der Waals surface area (Å²) in [6.45, 7) is 0. The van der Waals surface area contributed by atoms with E-state index >= 15 is 0 Å². The van der Waals surface area contributed by atoms with Crippen molar-refractivity contribution in [3.05, 3.63) is 99.6 Å². The van der Waals surface area contributed by atoms with E-state index in [-0.39, 0.29) is 28.5 Å². The molecule has 1 fully saturated rings. The molecule has 0 radical (unpaired) electrons. The van der Waals surface area contributed by atoms with Gasteiger partial charge < -0.3 is 15.2 Å². The molecule has 0 saturated carbocycles. The fourth-order valence-electron chi connectivity index (χ4n) is 4.04. The number of carbonyl (C=O) groups excluding carboxylic acids is 2. The molecule has 1 aromatic heterocycles. The predicted molar refractivity (Wildman–Crippen MR) is 122 cm³/mol. The van der Waals surface area contributed by atoms with E-state index in [2.05, 4.69) is 9.97 Å². The molecule has 3 N–H and O–H groups in total. The van der Waals surface area contributed by atoms with Crippen LogP contribution in [0.4, 0.5) is 11.6 Å². The normalized spacial score (nSPS) is 17.4. The number of anilines is 1. The average molecular weight is 456 g/mol. The molecule has 0 bridgehead atoms. The zero-order valence-electron chi connectivity index (χ0n) is 17.4. The maximum absolute atomic E-state index is 13.2. The number of para-hydroxylation sites is 2. The molecule has 168 valence electrons. The number of nitrogens with one attached hydrogen (secondary N) is 1. The summed E-state index contributed by atoms with van der Waals surface area (Å²) in [6.07, 6.45) is 0. The smallest absolute Gasteiger partial charge is 0.302 e. The van der Waals surface area contributed by atoms with Crippen molar-refractivity contribution in [3.8, 4) is 5.75 Å². The van der Waals surface area contributed by atoms with Gasteiger partial charge in [-0.1, -0.05) is 36.4 Å². The Bertz CT molecular complexity index is 1490. The zero-order valence-corrected chi connectivity index (χ0v) is 17.4. The number of aromatic hydroxyl groups is 1. The number of carbonyl (C=O) groups is 2. The molecular weight excluding hydrogens is 440 g/mol. The van der Waals surface area contributed by atoms with Crippen LogP contribution in [-0.4, -0.2) is 36.8 Å². The van der Waals surface area contributed by atoms with Crippen LogP contribution in [0.5, 0.6) is 5.75 Å². The van der Waals surface area contributed by atoms with Crippen molar-refractivity contribution in [2.45, 2.75) is 6.04 Å². The molecule has 1 aliphatic rings. The van der Waals surface area contributed by atoms with E-state index in [4.69, 9.17) is 0 Å². The molecule has 0 aliphatic carbocycles. The van der Waals surface area contributed by atoms with Crippen molar-refractivity contribution in [1.29, 1.82) is 0 Å². The number of aromatic amines is 1. The van der Waals surface area contributed by atoms with Crippen molar-refractivity contribution < 1.29 is 24.7 Å². The molecule has 4 aromatic rings. The number of fused-ring (bicyclic) bond motifs is 1. The molecule has 1 unspecified atom stereocenters. The minimum atomic E-state index is -1.15. The van der Waals surface area contributed by atoms with Crippen LogP contribution in [0.3, 0.4) is 0 Å². The highest BCUT2D eigenvalue weighted by Gasteiger charge is 2.48. The number of aliphatic hydroxyl groups is 1. The van der Waals surface area contributed by atoms with Gasteiger partial charge in [0, 0.05) is 17.7 Å². The minimum Gasteiger partial charge on any atom is -0.508 e. The lowest BCUT2D eigenvalue weighted by atomic mass is 9.95. The molecule has 1 saturated heterocycles. The maximum Gasteiger partial charge on any atom is 0.302 e. The number of hydrogen-bond acceptors (Lipinski definition) is 7. The van der Waals surface area contributed by atoms with Crippen LogP contribution in [0.15, 0.2) is 78.4 Å². The predicted octanol–water partition coefficient (Wildman–Crippen LogP) is 3.80. The first-order valence-electron chi connectivity index (χ1n) is 10.1. The number of Topliss-reactive ketones (excluding diaryl/α,β-unsaturated/α-hetero) is 1. The third-order valence-electron chi connectivity index (χ3n) is 5.57. The first-order chi connectivity index (χ1) is 16.3. The van der Waals surface area contributed by atoms with E-state index in [1.54, 1.807) is 30.3 Å². The number of hydrogen-bond donors (Lipinski definition) is 3. The molecule has 10 heteroatoms. The number of aliphatic hydroxyl groups excluding tert-OH is 1. The summed E-state index contributed by atoms with van der Waals surface area (Å²) in [6, 6.07) is 17.0. The second-order valence-corrected chi connectivity index (χ2v) is 7.65. The number of phenolic OH excluding ortho intramolecular Hbond substituents is 1. The molecule has 10 nitrogen and oxygen atoms in total. The molecule has 3 aromatic carbocycles. The molecule has 0 spiro atoms. The number of aromatic nitrogens is 2. The fraction of sp³-hybridized carbons (Fsp3) is 0.0417. The fourth-order valence-corrected chi connectivity index (χ4v) is 4.04. The number of nitrogens with zero attached hydrogens (tertiary/aromatic N) is 3. The van der Waals surface area contributed by atoms with Gasteiger partial charge in [-0.2, -0.15) is 0 Å². The van der Waals surface area contributed by atoms with Crippen LogP contribution < -0.4 is 4.90 Å². The number of phenols is 1. The number of imidazole rings is 1. The Labute approximate surface area is 191 Å². The van der Waals surface area contributed by atoms with Gasteiger partial charge in [-0.3, -0.25) is 24.6 Å². The SMILES string of the molecule is O=C1C(=O)N(c2nc3ccccc3[nH]2)C(c2cccc(O)c2)/C1=C(\O)c1cccc([N+](=O)[O-])c1. The first kappa shape index (κ1) is 20.9. The van der Waals surface area contributed by atoms with Crippen molar-refractivity contribution >= 4 is 40.1 Å². The van der Waals surface area contributed by atoms with Gasteiger partial charge in [0.05, 0.1) is 27.6 Å². The lowest BCUT2D eigenvalue weighted by molar-refractivity contribution is -0.384. The molecule has 5 rings (SSSR count). The summed E-state index contributed by atoms with van der Waals surface area (Å²) in [5.41, 5.74) is 0.968. The van der Waals surface area contributed by atoms with Crippen LogP contribution in [-0.2, 0) is 9.59 Å². The zero-order chi connectivity index (χ0) is 24.0. The van der Waals surface area contributed by atoms with Crippen LogP contribution in [0.1, 0.15) is 17.2 Å². The van der Waals surface area contributed by atoms with Crippen LogP contribution in [0.2, 0.25) is 0 Å². The highest BCUT2D eigenvalue weighted by molar-refractivity contribution is 6.51. The monoisotopic (exact) mass is 456 g/mol. The standard InChI is InChI=1S/C24H16N4O6/c29-16-8-4-5-13(12-16)20-19(21(30)14-6-3-7-15(11-14)28(33)34)22(31)23(32)27(20)24-25-17-9-1-2-10-18(17)26-24/h1-12,20,29-30H,(H,25,26)/b21-19+. The van der Waals surface area contributed by atoms with E-state index < -0.39 is 28.4 Å². The van der Waals surface area contributed by atoms with Gasteiger partial charge in [0.2, 0.25) is 5.95 Å². The molecule has 34 heavy (non-hydrogen) atoms. The summed E-state index contributed by atoms with van der Waals surface area (Å²) in [5, 5.41) is 32.3. The Balaban J connectivity index is 1.74. The molecule has 2 heterocycles. The quantitative estimate of drug-likeness (QED) is 0.139. The Kier molecular flexibility index (Phi) is 4.82. The third kappa shape index (κ3) is 3.34. The number of H-pyrrole nitrogens is 1. The van der Waals surface area contributed by atoms with E-state index in [0.29, 0.717) is 16.6 Å². The van der Waals surface area contributed by atoms with E-state index in [9.17, 15) is 29.9 Å². The summed E-state index contributed by atoms with van der Waals surface area (Å²) < 4.78 is 0. The van der Waals surface area contributed by atoms with Crippen LogP contribution >= 0.6 is 0 Å². The van der Waals surface area contributed by atoms with Gasteiger partial charge in [-0.15, -0.1) is 0 Å². The number of rotatable bonds is 4. The first-order valence-corrected chi connectivity index (χ1v) is 10.1. The Hall–Kier alpha value is -4.99. The molecule has 1 amide bonds. The average Bonchev–Trinajstić information content (AvgIpc) is 3.37. The number of ketones is 1. The number of non-ortho nitro benzene ring substituents is 1. The van der Waals surface area contributed by atoms with Gasteiger partial charge in [-0.05, 0) is 29.8 Å². The van der Waals surface area contributed by atoms with Crippen molar-refractivity contribution in [2.24, 2.45) is 0 Å². The third-order valence-corrected chi connectivity index (χ3v) is 5.57. The van der Waals surface area contributed by atoms with Gasteiger partial charge in [0.25, 0.3) is 11.5 Å². The van der Waals surface area contributed by atoms with E-state index in [1.807, 2.05) is 0 Å². The lowest BCUT2D eigenvalue weighted by Gasteiger charge is -2.23. The second kappa shape index (κ2) is 7.85. The van der Waals surface area contributed by atoms with Gasteiger partial charge in [-0.25, -0.2) is 4.98 Å². The summed E-state index contributed by atoms with van der Waals surface area (Å²) >= 11 is 0. The minimum absolute atomic E-state index is 0.00181. The topological polar surface area (TPSA) is 150 Å². The summed E-state index contributed by atoms with van der Waals surface area (Å²) in [5.74, 6) is -2.54.